The molecule has 1 fully saturated rings. The quantitative estimate of drug-likeness (QED) is 0.579. The minimum atomic E-state index is -0.287. The van der Waals surface area contributed by atoms with Crippen molar-refractivity contribution in [3.63, 3.8) is 0 Å². The lowest BCUT2D eigenvalue weighted by Crippen LogP contribution is -2.56. The highest BCUT2D eigenvalue weighted by atomic mass is 16.5. The van der Waals surface area contributed by atoms with E-state index >= 15 is 0 Å². The Morgan fingerprint density at radius 3 is 2.48 bits per heavy atom. The molecule has 0 aliphatic carbocycles. The lowest BCUT2D eigenvalue weighted by atomic mass is 10.1. The molecule has 1 aromatic heterocycles. The molecule has 1 saturated heterocycles. The maximum absolute atomic E-state index is 12.6. The van der Waals surface area contributed by atoms with E-state index in [-0.39, 0.29) is 17.9 Å². The molecule has 2 heterocycles. The maximum atomic E-state index is 12.6. The van der Waals surface area contributed by atoms with Gasteiger partial charge >= 0.3 is 11.8 Å². The van der Waals surface area contributed by atoms with Crippen molar-refractivity contribution in [3.05, 3.63) is 59.5 Å². The Morgan fingerprint density at radius 1 is 1.13 bits per heavy atom. The summed E-state index contributed by atoms with van der Waals surface area (Å²) < 4.78 is 16.7. The molecule has 3 aromatic rings. The van der Waals surface area contributed by atoms with Crippen LogP contribution in [0.5, 0.6) is 11.5 Å². The first-order valence-electron chi connectivity index (χ1n) is 10.1. The number of carbonyl (C=O) groups excluding carboxylic acids is 1. The van der Waals surface area contributed by atoms with E-state index in [0.29, 0.717) is 19.0 Å². The third-order valence-corrected chi connectivity index (χ3v) is 5.18. The molecule has 0 radical (unpaired) electrons. The molecule has 2 aromatic carbocycles. The van der Waals surface area contributed by atoms with Crippen molar-refractivity contribution in [2.24, 2.45) is 0 Å². The van der Waals surface area contributed by atoms with E-state index in [1.807, 2.05) is 26.2 Å². The van der Waals surface area contributed by atoms with Gasteiger partial charge in [0.05, 0.1) is 20.2 Å². The zero-order valence-corrected chi connectivity index (χ0v) is 18.2. The Hall–Kier alpha value is -3.39. The number of methoxy groups -OCH3 is 1. The summed E-state index contributed by atoms with van der Waals surface area (Å²) >= 11 is 0. The molecule has 4 rings (SSSR count). The normalized spacial score (nSPS) is 13.9. The van der Waals surface area contributed by atoms with Crippen LogP contribution in [0.2, 0.25) is 0 Å². The summed E-state index contributed by atoms with van der Waals surface area (Å²) in [5.74, 6) is 1.54. The molecule has 1 aliphatic rings. The maximum Gasteiger partial charge on any atom is 0.311 e. The smallest absolute Gasteiger partial charge is 0.311 e. The SMILES string of the molecule is COc1ccc(-c2nnc(C(=O)N3CC(Oc4ccc(CN(C)C)c(C)c4)C3)o2)cc1. The highest BCUT2D eigenvalue weighted by Crippen LogP contribution is 2.25. The molecule has 31 heavy (non-hydrogen) atoms. The van der Waals surface area contributed by atoms with Crippen molar-refractivity contribution in [2.75, 3.05) is 34.3 Å². The van der Waals surface area contributed by atoms with Crippen LogP contribution in [0.4, 0.5) is 0 Å². The molecule has 8 nitrogen and oxygen atoms in total. The van der Waals surface area contributed by atoms with Crippen LogP contribution in [-0.2, 0) is 6.54 Å². The summed E-state index contributed by atoms with van der Waals surface area (Å²) in [6.45, 7) is 3.94. The number of ether oxygens (including phenoxy) is 2. The number of aromatic nitrogens is 2. The van der Waals surface area contributed by atoms with Crippen LogP contribution in [0.15, 0.2) is 46.9 Å². The summed E-state index contributed by atoms with van der Waals surface area (Å²) in [5.41, 5.74) is 3.19. The fourth-order valence-corrected chi connectivity index (χ4v) is 3.43. The fourth-order valence-electron chi connectivity index (χ4n) is 3.43. The second-order valence-electron chi connectivity index (χ2n) is 7.92. The third-order valence-electron chi connectivity index (χ3n) is 5.18. The number of hydrogen-bond donors (Lipinski definition) is 0. The Kier molecular flexibility index (Phi) is 5.90. The van der Waals surface area contributed by atoms with E-state index in [1.165, 1.54) is 11.1 Å². The van der Waals surface area contributed by atoms with Gasteiger partial charge in [0.2, 0.25) is 5.89 Å². The molecule has 1 amide bonds. The van der Waals surface area contributed by atoms with Crippen molar-refractivity contribution >= 4 is 5.91 Å². The van der Waals surface area contributed by atoms with Crippen LogP contribution >= 0.6 is 0 Å². The van der Waals surface area contributed by atoms with Crippen LogP contribution in [0.1, 0.15) is 21.8 Å². The lowest BCUT2D eigenvalue weighted by molar-refractivity contribution is 0.0149. The van der Waals surface area contributed by atoms with Gasteiger partial charge in [-0.3, -0.25) is 4.79 Å². The lowest BCUT2D eigenvalue weighted by Gasteiger charge is -2.38. The summed E-state index contributed by atoms with van der Waals surface area (Å²) in [7, 11) is 5.70. The largest absolute Gasteiger partial charge is 0.497 e. The van der Waals surface area contributed by atoms with Crippen molar-refractivity contribution in [1.29, 1.82) is 0 Å². The number of hydrogen-bond acceptors (Lipinski definition) is 7. The van der Waals surface area contributed by atoms with Crippen molar-refractivity contribution in [2.45, 2.75) is 19.6 Å². The second-order valence-corrected chi connectivity index (χ2v) is 7.92. The Morgan fingerprint density at radius 2 is 1.84 bits per heavy atom. The van der Waals surface area contributed by atoms with Gasteiger partial charge in [0.1, 0.15) is 17.6 Å². The topological polar surface area (TPSA) is 80.9 Å². The average Bonchev–Trinajstić information content (AvgIpc) is 3.22. The first kappa shape index (κ1) is 20.9. The van der Waals surface area contributed by atoms with E-state index < -0.39 is 0 Å². The predicted octanol–water partition coefficient (Wildman–Crippen LogP) is 3.02. The van der Waals surface area contributed by atoms with Crippen molar-refractivity contribution in [1.82, 2.24) is 20.0 Å². The van der Waals surface area contributed by atoms with E-state index in [0.717, 1.165) is 23.6 Å². The summed E-state index contributed by atoms with van der Waals surface area (Å²) in [4.78, 5) is 16.4. The van der Waals surface area contributed by atoms with E-state index in [1.54, 1.807) is 36.3 Å². The second kappa shape index (κ2) is 8.77. The standard InChI is InChI=1S/C23H26N4O4/c1-15-11-19(10-7-17(15)12-26(2)3)30-20-13-27(14-20)23(28)22-25-24-21(31-22)16-5-8-18(29-4)9-6-16/h5-11,20H,12-14H2,1-4H3. The summed E-state index contributed by atoms with van der Waals surface area (Å²) in [5, 5.41) is 7.90. The Balaban J connectivity index is 1.32. The zero-order valence-electron chi connectivity index (χ0n) is 18.2. The van der Waals surface area contributed by atoms with E-state index in [2.05, 4.69) is 28.1 Å². The molecular formula is C23H26N4O4. The van der Waals surface area contributed by atoms with Gasteiger partial charge < -0.3 is 23.7 Å². The number of amides is 1. The van der Waals surface area contributed by atoms with Gasteiger partial charge in [0, 0.05) is 12.1 Å². The van der Waals surface area contributed by atoms with Gasteiger partial charge in [-0.05, 0) is 68.5 Å². The molecule has 0 bridgehead atoms. The van der Waals surface area contributed by atoms with Gasteiger partial charge in [0.25, 0.3) is 0 Å². The molecule has 0 atom stereocenters. The number of carbonyl (C=O) groups is 1. The third kappa shape index (κ3) is 4.69. The van der Waals surface area contributed by atoms with E-state index in [9.17, 15) is 4.79 Å². The minimum absolute atomic E-state index is 0.0202. The fraction of sp³-hybridized carbons (Fsp3) is 0.348. The molecule has 0 saturated carbocycles. The molecule has 8 heteroatoms. The Bertz CT molecular complexity index is 1060. The van der Waals surface area contributed by atoms with Crippen LogP contribution < -0.4 is 9.47 Å². The average molecular weight is 422 g/mol. The molecular weight excluding hydrogens is 396 g/mol. The van der Waals surface area contributed by atoms with Crippen LogP contribution in [-0.4, -0.2) is 66.3 Å². The van der Waals surface area contributed by atoms with Gasteiger partial charge in [-0.25, -0.2) is 0 Å². The number of nitrogens with zero attached hydrogens (tertiary/aromatic N) is 4. The van der Waals surface area contributed by atoms with Crippen LogP contribution in [0, 0.1) is 6.92 Å². The predicted molar refractivity (Wildman–Crippen MR) is 115 cm³/mol. The first-order chi connectivity index (χ1) is 14.9. The molecule has 0 unspecified atom stereocenters. The van der Waals surface area contributed by atoms with Crippen molar-refractivity contribution in [3.8, 4) is 23.0 Å². The molecule has 1 aliphatic heterocycles. The number of aryl methyl sites for hydroxylation is 1. The van der Waals surface area contributed by atoms with Crippen LogP contribution in [0.25, 0.3) is 11.5 Å². The molecule has 0 N–H and O–H groups in total. The Labute approximate surface area is 181 Å². The monoisotopic (exact) mass is 422 g/mol. The summed E-state index contributed by atoms with van der Waals surface area (Å²) in [6, 6.07) is 13.3. The minimum Gasteiger partial charge on any atom is -0.497 e. The zero-order chi connectivity index (χ0) is 22.0. The van der Waals surface area contributed by atoms with Gasteiger partial charge in [-0.15, -0.1) is 10.2 Å². The number of rotatable bonds is 7. The van der Waals surface area contributed by atoms with E-state index in [4.69, 9.17) is 13.9 Å². The highest BCUT2D eigenvalue weighted by Gasteiger charge is 2.35. The van der Waals surface area contributed by atoms with Gasteiger partial charge in [-0.1, -0.05) is 6.07 Å². The summed E-state index contributed by atoms with van der Waals surface area (Å²) in [6.07, 6.45) is -0.0490. The van der Waals surface area contributed by atoms with Crippen molar-refractivity contribution < 1.29 is 18.7 Å². The first-order valence-corrected chi connectivity index (χ1v) is 10.1. The van der Waals surface area contributed by atoms with Gasteiger partial charge in [0.15, 0.2) is 0 Å². The van der Waals surface area contributed by atoms with Crippen LogP contribution in [0.3, 0.4) is 0 Å². The van der Waals surface area contributed by atoms with Gasteiger partial charge in [-0.2, -0.15) is 0 Å². The number of benzene rings is 2. The highest BCUT2D eigenvalue weighted by molar-refractivity contribution is 5.90. The number of likely N-dealkylation sites (tertiary alicyclic amines) is 1. The molecule has 162 valence electrons. The molecule has 0 spiro atoms.